The van der Waals surface area contributed by atoms with Crippen LogP contribution < -0.4 is 10.2 Å². The molecule has 0 radical (unpaired) electrons. The van der Waals surface area contributed by atoms with E-state index in [4.69, 9.17) is 0 Å². The molecule has 1 atom stereocenters. The van der Waals surface area contributed by atoms with Gasteiger partial charge in [-0.1, -0.05) is 79.6 Å². The maximum Gasteiger partial charge on any atom is 0.211 e. The number of anilines is 1. The first-order valence-corrected chi connectivity index (χ1v) is 11.5. The van der Waals surface area contributed by atoms with Crippen molar-refractivity contribution in [1.29, 1.82) is 0 Å². The molecule has 1 N–H and O–H groups in total. The molecule has 0 aliphatic heterocycles. The Labute approximate surface area is 147 Å². The van der Waals surface area contributed by atoms with Crippen molar-refractivity contribution in [3.05, 3.63) is 83.6 Å². The molecular formula is C22H27NSi. The highest BCUT2D eigenvalue weighted by Gasteiger charge is 2.36. The molecule has 2 aromatic carbocycles. The summed E-state index contributed by atoms with van der Waals surface area (Å²) in [5, 5.41) is 3.10. The third-order valence-electron chi connectivity index (χ3n) is 4.95. The first kappa shape index (κ1) is 16.8. The summed E-state index contributed by atoms with van der Waals surface area (Å²) in [5.74, 6) is 0. The molecule has 0 amide bonds. The molecule has 0 aromatic heterocycles. The molecule has 0 saturated carbocycles. The fourth-order valence-corrected chi connectivity index (χ4v) is 7.20. The molecule has 24 heavy (non-hydrogen) atoms. The number of allylic oxidation sites excluding steroid dienone is 4. The first-order chi connectivity index (χ1) is 11.7. The van der Waals surface area contributed by atoms with Crippen LogP contribution in [0.5, 0.6) is 0 Å². The van der Waals surface area contributed by atoms with Crippen molar-refractivity contribution < 1.29 is 0 Å². The minimum absolute atomic E-state index is 1.09. The third-order valence-corrected chi connectivity index (χ3v) is 8.96. The molecule has 0 heterocycles. The second-order valence-corrected chi connectivity index (χ2v) is 10.4. The van der Waals surface area contributed by atoms with Gasteiger partial charge in [0.25, 0.3) is 0 Å². The van der Waals surface area contributed by atoms with Crippen molar-refractivity contribution >= 4 is 19.1 Å². The van der Waals surface area contributed by atoms with E-state index < -0.39 is 8.24 Å². The van der Waals surface area contributed by atoms with E-state index >= 15 is 0 Å². The zero-order chi connectivity index (χ0) is 16.8. The highest BCUT2D eigenvalue weighted by atomic mass is 28.3. The van der Waals surface area contributed by atoms with Crippen LogP contribution in [0.25, 0.3) is 0 Å². The van der Waals surface area contributed by atoms with E-state index in [0.717, 1.165) is 6.42 Å². The van der Waals surface area contributed by atoms with Gasteiger partial charge in [-0.05, 0) is 48.3 Å². The maximum atomic E-state index is 3.96. The second kappa shape index (κ2) is 7.67. The topological polar surface area (TPSA) is 12.0 Å². The second-order valence-electron chi connectivity index (χ2n) is 6.70. The van der Waals surface area contributed by atoms with Gasteiger partial charge >= 0.3 is 0 Å². The Kier molecular flexibility index (Phi) is 5.36. The standard InChI is InChI=1S/C22H27NSi/c1-3-4-12-19-13-11-18-22(19)24(2,21-16-9-6-10-17-21)23-20-14-7-5-8-15-20/h5-11,13-17,23H,3-4,12,18H2,1-2H3. The van der Waals surface area contributed by atoms with Gasteiger partial charge in [-0.15, -0.1) is 0 Å². The number of unbranched alkanes of at least 4 members (excludes halogenated alkanes) is 1. The first-order valence-electron chi connectivity index (χ1n) is 9.02. The van der Waals surface area contributed by atoms with Crippen molar-refractivity contribution in [3.8, 4) is 0 Å². The monoisotopic (exact) mass is 333 g/mol. The lowest BCUT2D eigenvalue weighted by molar-refractivity contribution is 0.797. The van der Waals surface area contributed by atoms with Gasteiger partial charge in [0.2, 0.25) is 8.24 Å². The number of benzene rings is 2. The molecular weight excluding hydrogens is 306 g/mol. The molecule has 0 bridgehead atoms. The average Bonchev–Trinajstić information content (AvgIpc) is 3.11. The van der Waals surface area contributed by atoms with E-state index in [1.54, 1.807) is 10.8 Å². The summed E-state index contributed by atoms with van der Waals surface area (Å²) in [7, 11) is -1.98. The van der Waals surface area contributed by atoms with E-state index in [9.17, 15) is 0 Å². The predicted molar refractivity (Wildman–Crippen MR) is 108 cm³/mol. The molecule has 0 fully saturated rings. The van der Waals surface area contributed by atoms with Crippen molar-refractivity contribution in [3.63, 3.8) is 0 Å². The summed E-state index contributed by atoms with van der Waals surface area (Å²) in [4.78, 5) is 3.96. The molecule has 1 aliphatic rings. The highest BCUT2D eigenvalue weighted by molar-refractivity contribution is 6.99. The molecule has 2 aromatic rings. The van der Waals surface area contributed by atoms with Gasteiger partial charge < -0.3 is 4.98 Å². The quantitative estimate of drug-likeness (QED) is 0.653. The van der Waals surface area contributed by atoms with Gasteiger partial charge in [0.05, 0.1) is 0 Å². The zero-order valence-corrected chi connectivity index (χ0v) is 15.8. The molecule has 1 nitrogen and oxygen atoms in total. The Morgan fingerprint density at radius 2 is 1.62 bits per heavy atom. The Morgan fingerprint density at radius 3 is 2.29 bits per heavy atom. The molecule has 1 unspecified atom stereocenters. The highest BCUT2D eigenvalue weighted by Crippen LogP contribution is 2.32. The van der Waals surface area contributed by atoms with Crippen LogP contribution in [-0.4, -0.2) is 8.24 Å². The molecule has 1 aliphatic carbocycles. The van der Waals surface area contributed by atoms with Gasteiger partial charge in [0, 0.05) is 5.69 Å². The Morgan fingerprint density at radius 1 is 0.958 bits per heavy atom. The van der Waals surface area contributed by atoms with E-state index in [2.05, 4.69) is 91.3 Å². The number of rotatable bonds is 7. The van der Waals surface area contributed by atoms with Gasteiger partial charge in [-0.3, -0.25) is 0 Å². The summed E-state index contributed by atoms with van der Waals surface area (Å²) in [5.41, 5.74) is 2.79. The molecule has 0 spiro atoms. The SMILES string of the molecule is CCCCC1=C([Si](C)(Nc2ccccc2)c2ccccc2)CC=C1. The van der Waals surface area contributed by atoms with E-state index in [-0.39, 0.29) is 0 Å². The predicted octanol–water partition coefficient (Wildman–Crippen LogP) is 5.57. The Hall–Kier alpha value is -2.06. The normalized spacial score (nSPS) is 16.2. The summed E-state index contributed by atoms with van der Waals surface area (Å²) in [6.45, 7) is 4.73. The van der Waals surface area contributed by atoms with Crippen LogP contribution in [-0.2, 0) is 0 Å². The lowest BCUT2D eigenvalue weighted by Crippen LogP contribution is -2.54. The van der Waals surface area contributed by atoms with Crippen molar-refractivity contribution in [2.24, 2.45) is 0 Å². The van der Waals surface area contributed by atoms with Crippen LogP contribution in [0.3, 0.4) is 0 Å². The summed E-state index contributed by atoms with van der Waals surface area (Å²) in [6.07, 6.45) is 9.53. The minimum Gasteiger partial charge on any atom is -0.404 e. The molecule has 0 saturated heterocycles. The minimum atomic E-state index is -1.98. The molecule has 3 rings (SSSR count). The number of hydrogen-bond acceptors (Lipinski definition) is 1. The number of nitrogens with one attached hydrogen (secondary N) is 1. The van der Waals surface area contributed by atoms with Crippen LogP contribution >= 0.6 is 0 Å². The average molecular weight is 334 g/mol. The maximum absolute atomic E-state index is 3.96. The van der Waals surface area contributed by atoms with Gasteiger partial charge in [0.15, 0.2) is 0 Å². The van der Waals surface area contributed by atoms with E-state index in [1.807, 2.05) is 0 Å². The fourth-order valence-electron chi connectivity index (χ4n) is 3.58. The zero-order valence-electron chi connectivity index (χ0n) is 14.8. The largest absolute Gasteiger partial charge is 0.404 e. The number of hydrogen-bond donors (Lipinski definition) is 1. The van der Waals surface area contributed by atoms with Crippen LogP contribution in [0.2, 0.25) is 6.55 Å². The molecule has 124 valence electrons. The van der Waals surface area contributed by atoms with Gasteiger partial charge in [0.1, 0.15) is 0 Å². The van der Waals surface area contributed by atoms with Gasteiger partial charge in [-0.2, -0.15) is 0 Å². The summed E-state index contributed by atoms with van der Waals surface area (Å²) in [6, 6.07) is 21.7. The van der Waals surface area contributed by atoms with Crippen LogP contribution in [0.4, 0.5) is 5.69 Å². The Bertz CT molecular complexity index is 718. The van der Waals surface area contributed by atoms with E-state index in [1.165, 1.54) is 30.1 Å². The summed E-state index contributed by atoms with van der Waals surface area (Å²) < 4.78 is 0. The number of para-hydroxylation sites is 1. The molecule has 2 heteroatoms. The Balaban J connectivity index is 2.02. The van der Waals surface area contributed by atoms with Crippen LogP contribution in [0, 0.1) is 0 Å². The lowest BCUT2D eigenvalue weighted by Gasteiger charge is -2.33. The van der Waals surface area contributed by atoms with Crippen molar-refractivity contribution in [1.82, 2.24) is 0 Å². The van der Waals surface area contributed by atoms with Crippen LogP contribution in [0.15, 0.2) is 83.6 Å². The smallest absolute Gasteiger partial charge is 0.211 e. The van der Waals surface area contributed by atoms with E-state index in [0.29, 0.717) is 0 Å². The van der Waals surface area contributed by atoms with Gasteiger partial charge in [-0.25, -0.2) is 0 Å². The van der Waals surface area contributed by atoms with Crippen molar-refractivity contribution in [2.75, 3.05) is 4.98 Å². The lowest BCUT2D eigenvalue weighted by atomic mass is 10.1. The fraction of sp³-hybridized carbons (Fsp3) is 0.273. The van der Waals surface area contributed by atoms with Crippen molar-refractivity contribution in [2.45, 2.75) is 39.2 Å². The van der Waals surface area contributed by atoms with Crippen LogP contribution in [0.1, 0.15) is 32.6 Å². The summed E-state index contributed by atoms with van der Waals surface area (Å²) >= 11 is 0. The third kappa shape index (κ3) is 3.54.